The number of ether oxygens (including phenoxy) is 1. The summed E-state index contributed by atoms with van der Waals surface area (Å²) in [5.74, 6) is -0.228. The summed E-state index contributed by atoms with van der Waals surface area (Å²) >= 11 is 0. The molecule has 0 aromatic heterocycles. The van der Waals surface area contributed by atoms with E-state index in [4.69, 9.17) is 4.74 Å². The Bertz CT molecular complexity index is 954. The van der Waals surface area contributed by atoms with Gasteiger partial charge in [-0.25, -0.2) is 4.79 Å². The van der Waals surface area contributed by atoms with Crippen LogP contribution in [0.4, 0.5) is 0 Å². The summed E-state index contributed by atoms with van der Waals surface area (Å²) in [7, 11) is 0. The van der Waals surface area contributed by atoms with Crippen molar-refractivity contribution in [3.8, 4) is 0 Å². The minimum absolute atomic E-state index is 0.114. The molecule has 2 aromatic carbocycles. The van der Waals surface area contributed by atoms with E-state index in [0.29, 0.717) is 18.0 Å². The molecular weight excluding hydrogens is 436 g/mol. The topological polar surface area (TPSA) is 53.0 Å². The standard InChI is InChI=1S/C30H40N2O3/c1-24(2)28-31(19-20-32(28)23-25-13-7-5-8-14-25)21-22-35-29(33)30(34,27-17-11-6-12-18-27)26-15-9-3-4-10-16-26/h5-8,11-14,17-20,24,26,28,34H,3-4,9-10,15-16,21-23H2,1-2H3. The van der Waals surface area contributed by atoms with Gasteiger partial charge in [0.15, 0.2) is 5.60 Å². The molecule has 1 saturated carbocycles. The normalized spacial score (nSPS) is 20.6. The van der Waals surface area contributed by atoms with Crippen molar-refractivity contribution >= 4 is 5.97 Å². The van der Waals surface area contributed by atoms with Crippen LogP contribution in [0, 0.1) is 11.8 Å². The largest absolute Gasteiger partial charge is 0.461 e. The molecule has 0 amide bonds. The molecule has 2 aromatic rings. The molecule has 0 saturated heterocycles. The fraction of sp³-hybridized carbons (Fsp3) is 0.500. The van der Waals surface area contributed by atoms with Crippen molar-refractivity contribution in [2.24, 2.45) is 11.8 Å². The number of hydrogen-bond donors (Lipinski definition) is 1. The minimum atomic E-state index is -1.59. The summed E-state index contributed by atoms with van der Waals surface area (Å²) in [6.45, 7) is 6.11. The molecule has 35 heavy (non-hydrogen) atoms. The van der Waals surface area contributed by atoms with Gasteiger partial charge in [-0.05, 0) is 29.9 Å². The number of carbonyl (C=O) groups excluding carboxylic acids is 1. The molecule has 5 heteroatoms. The Balaban J connectivity index is 1.41. The highest BCUT2D eigenvalue weighted by molar-refractivity contribution is 5.81. The van der Waals surface area contributed by atoms with Crippen molar-refractivity contribution in [3.05, 3.63) is 84.2 Å². The van der Waals surface area contributed by atoms with Crippen LogP contribution in [-0.4, -0.2) is 40.2 Å². The molecule has 0 spiro atoms. The molecule has 0 bridgehead atoms. The van der Waals surface area contributed by atoms with E-state index in [-0.39, 0.29) is 18.7 Å². The lowest BCUT2D eigenvalue weighted by Gasteiger charge is -2.36. The van der Waals surface area contributed by atoms with Gasteiger partial charge in [0, 0.05) is 24.9 Å². The Kier molecular flexibility index (Phi) is 8.50. The third-order valence-corrected chi connectivity index (χ3v) is 7.49. The highest BCUT2D eigenvalue weighted by Gasteiger charge is 2.46. The first-order chi connectivity index (χ1) is 17.0. The molecule has 1 heterocycles. The van der Waals surface area contributed by atoms with Crippen LogP contribution in [0.15, 0.2) is 73.1 Å². The maximum absolute atomic E-state index is 13.5. The van der Waals surface area contributed by atoms with Crippen molar-refractivity contribution < 1.29 is 14.6 Å². The molecule has 1 N–H and O–H groups in total. The molecule has 1 aliphatic carbocycles. The van der Waals surface area contributed by atoms with Crippen LogP contribution in [0.3, 0.4) is 0 Å². The van der Waals surface area contributed by atoms with Gasteiger partial charge in [0.1, 0.15) is 12.8 Å². The fourth-order valence-corrected chi connectivity index (χ4v) is 5.71. The molecule has 2 atom stereocenters. The van der Waals surface area contributed by atoms with E-state index in [9.17, 15) is 9.90 Å². The van der Waals surface area contributed by atoms with Crippen LogP contribution in [-0.2, 0) is 21.7 Å². The second-order valence-corrected chi connectivity index (χ2v) is 10.3. The van der Waals surface area contributed by atoms with Crippen molar-refractivity contribution in [2.45, 2.75) is 70.7 Å². The lowest BCUT2D eigenvalue weighted by molar-refractivity contribution is -0.175. The zero-order chi connectivity index (χ0) is 24.7. The molecule has 5 nitrogen and oxygen atoms in total. The molecule has 188 valence electrons. The Morgan fingerprint density at radius 3 is 2.17 bits per heavy atom. The third kappa shape index (κ3) is 5.90. The quantitative estimate of drug-likeness (QED) is 0.374. The summed E-state index contributed by atoms with van der Waals surface area (Å²) in [6.07, 6.45) is 10.5. The molecular formula is C30H40N2O3. The van der Waals surface area contributed by atoms with Gasteiger partial charge < -0.3 is 19.6 Å². The monoisotopic (exact) mass is 476 g/mol. The third-order valence-electron chi connectivity index (χ3n) is 7.49. The highest BCUT2D eigenvalue weighted by atomic mass is 16.5. The van der Waals surface area contributed by atoms with E-state index in [0.717, 1.165) is 45.1 Å². The lowest BCUT2D eigenvalue weighted by atomic mass is 9.77. The van der Waals surface area contributed by atoms with Crippen molar-refractivity contribution in [1.29, 1.82) is 0 Å². The van der Waals surface area contributed by atoms with E-state index in [1.54, 1.807) is 0 Å². The Morgan fingerprint density at radius 2 is 1.54 bits per heavy atom. The summed E-state index contributed by atoms with van der Waals surface area (Å²) < 4.78 is 5.82. The second-order valence-electron chi connectivity index (χ2n) is 10.3. The molecule has 0 radical (unpaired) electrons. The molecule has 2 aliphatic rings. The number of esters is 1. The lowest BCUT2D eigenvalue weighted by Crippen LogP contribution is -2.46. The average Bonchev–Trinajstić information content (AvgIpc) is 3.07. The molecule has 1 fully saturated rings. The summed E-state index contributed by atoms with van der Waals surface area (Å²) in [5, 5.41) is 11.8. The van der Waals surface area contributed by atoms with Gasteiger partial charge in [0.25, 0.3) is 0 Å². The van der Waals surface area contributed by atoms with Gasteiger partial charge >= 0.3 is 5.97 Å². The minimum Gasteiger partial charge on any atom is -0.461 e. The first kappa shape index (κ1) is 25.3. The van der Waals surface area contributed by atoms with Crippen molar-refractivity contribution in [2.75, 3.05) is 13.2 Å². The predicted octanol–water partition coefficient (Wildman–Crippen LogP) is 5.66. The van der Waals surface area contributed by atoms with Crippen molar-refractivity contribution in [3.63, 3.8) is 0 Å². The maximum Gasteiger partial charge on any atom is 0.343 e. The first-order valence-electron chi connectivity index (χ1n) is 13.2. The van der Waals surface area contributed by atoms with Crippen LogP contribution in [0.1, 0.15) is 63.5 Å². The summed E-state index contributed by atoms with van der Waals surface area (Å²) in [5.41, 5.74) is 0.322. The highest BCUT2D eigenvalue weighted by Crippen LogP contribution is 2.39. The predicted molar refractivity (Wildman–Crippen MR) is 139 cm³/mol. The van der Waals surface area contributed by atoms with Gasteiger partial charge in [0.05, 0.1) is 6.54 Å². The molecule has 1 aliphatic heterocycles. The zero-order valence-corrected chi connectivity index (χ0v) is 21.2. The van der Waals surface area contributed by atoms with Gasteiger partial charge in [0.2, 0.25) is 0 Å². The number of aliphatic hydroxyl groups is 1. The van der Waals surface area contributed by atoms with E-state index >= 15 is 0 Å². The van der Waals surface area contributed by atoms with Crippen LogP contribution >= 0.6 is 0 Å². The Morgan fingerprint density at radius 1 is 0.943 bits per heavy atom. The van der Waals surface area contributed by atoms with Gasteiger partial charge in [-0.1, -0.05) is 100 Å². The average molecular weight is 477 g/mol. The van der Waals surface area contributed by atoms with Gasteiger partial charge in [-0.15, -0.1) is 0 Å². The second kappa shape index (κ2) is 11.8. The fourth-order valence-electron chi connectivity index (χ4n) is 5.71. The van der Waals surface area contributed by atoms with E-state index in [2.05, 4.69) is 60.3 Å². The summed E-state index contributed by atoms with van der Waals surface area (Å²) in [4.78, 5) is 18.0. The molecule has 4 rings (SSSR count). The Hall–Kier alpha value is -2.79. The summed E-state index contributed by atoms with van der Waals surface area (Å²) in [6, 6.07) is 19.9. The SMILES string of the molecule is CC(C)C1N(CCOC(=O)C(O)(c2ccccc2)C2CCCCCC2)C=CN1Cc1ccccc1. The Labute approximate surface area is 210 Å². The van der Waals surface area contributed by atoms with Gasteiger partial charge in [-0.3, -0.25) is 0 Å². The number of benzene rings is 2. The van der Waals surface area contributed by atoms with Crippen LogP contribution in [0.2, 0.25) is 0 Å². The van der Waals surface area contributed by atoms with E-state index < -0.39 is 11.6 Å². The number of carbonyl (C=O) groups is 1. The maximum atomic E-state index is 13.5. The molecule has 2 unspecified atom stereocenters. The van der Waals surface area contributed by atoms with Gasteiger partial charge in [-0.2, -0.15) is 0 Å². The number of hydrogen-bond acceptors (Lipinski definition) is 5. The van der Waals surface area contributed by atoms with Crippen LogP contribution < -0.4 is 0 Å². The number of nitrogens with zero attached hydrogens (tertiary/aromatic N) is 2. The van der Waals surface area contributed by atoms with E-state index in [1.807, 2.05) is 36.4 Å². The van der Waals surface area contributed by atoms with Crippen LogP contribution in [0.5, 0.6) is 0 Å². The smallest absolute Gasteiger partial charge is 0.343 e. The number of rotatable bonds is 9. The van der Waals surface area contributed by atoms with Crippen LogP contribution in [0.25, 0.3) is 0 Å². The first-order valence-corrected chi connectivity index (χ1v) is 13.2. The van der Waals surface area contributed by atoms with E-state index in [1.165, 1.54) is 5.56 Å². The van der Waals surface area contributed by atoms with Crippen molar-refractivity contribution in [1.82, 2.24) is 9.80 Å². The zero-order valence-electron chi connectivity index (χ0n) is 21.2.